The summed E-state index contributed by atoms with van der Waals surface area (Å²) < 4.78 is 14.5. The second kappa shape index (κ2) is 9.92. The molecule has 1 fully saturated rings. The molecule has 0 amide bonds. The Morgan fingerprint density at radius 3 is 2.64 bits per heavy atom. The van der Waals surface area contributed by atoms with Crippen molar-refractivity contribution in [3.63, 3.8) is 0 Å². The van der Waals surface area contributed by atoms with Crippen molar-refractivity contribution in [2.24, 2.45) is 10.7 Å². The molecule has 1 aromatic carbocycles. The predicted octanol–water partition coefficient (Wildman–Crippen LogP) is 4.66. The van der Waals surface area contributed by atoms with Gasteiger partial charge in [0.1, 0.15) is 17.3 Å². The van der Waals surface area contributed by atoms with E-state index in [2.05, 4.69) is 15.2 Å². The lowest BCUT2D eigenvalue weighted by Gasteiger charge is -2.36. The summed E-state index contributed by atoms with van der Waals surface area (Å²) in [6, 6.07) is 8.54. The largest absolute Gasteiger partial charge is 0.383 e. The molecule has 8 heteroatoms. The van der Waals surface area contributed by atoms with Gasteiger partial charge in [-0.3, -0.25) is 0 Å². The van der Waals surface area contributed by atoms with Gasteiger partial charge in [-0.2, -0.15) is 0 Å². The van der Waals surface area contributed by atoms with Gasteiger partial charge in [-0.25, -0.2) is 9.38 Å². The van der Waals surface area contributed by atoms with E-state index in [4.69, 9.17) is 5.73 Å². The van der Waals surface area contributed by atoms with Gasteiger partial charge < -0.3 is 16.0 Å². The summed E-state index contributed by atoms with van der Waals surface area (Å²) in [5, 5.41) is 5.33. The van der Waals surface area contributed by atoms with Gasteiger partial charge in [0.05, 0.1) is 4.88 Å². The Balaban J connectivity index is 0.00000140. The molecule has 0 radical (unpaired) electrons. The number of hydrogen-bond donors (Lipinski definition) is 2. The highest BCUT2D eigenvalue weighted by Crippen LogP contribution is 2.38. The Labute approximate surface area is 182 Å². The Hall–Kier alpha value is -1.34. The summed E-state index contributed by atoms with van der Waals surface area (Å²) in [6.45, 7) is 0.969. The summed E-state index contributed by atoms with van der Waals surface area (Å²) in [4.78, 5) is 7.70. The number of nitrogens with two attached hydrogens (primary N) is 1. The van der Waals surface area contributed by atoms with Crippen LogP contribution in [-0.2, 0) is 6.42 Å². The van der Waals surface area contributed by atoms with Crippen LogP contribution in [0.5, 0.6) is 0 Å². The minimum atomic E-state index is -0.288. The van der Waals surface area contributed by atoms with Gasteiger partial charge in [0, 0.05) is 24.3 Å². The van der Waals surface area contributed by atoms with Crippen LogP contribution in [0.3, 0.4) is 0 Å². The molecule has 4 rings (SSSR count). The van der Waals surface area contributed by atoms with E-state index in [1.165, 1.54) is 37.0 Å². The van der Waals surface area contributed by atoms with Crippen molar-refractivity contribution in [2.75, 3.05) is 18.5 Å². The highest BCUT2D eigenvalue weighted by atomic mass is 35.5. The van der Waals surface area contributed by atoms with Crippen LogP contribution in [0, 0.1) is 5.82 Å². The van der Waals surface area contributed by atoms with Gasteiger partial charge in [-0.1, -0.05) is 6.07 Å². The van der Waals surface area contributed by atoms with Crippen LogP contribution in [-0.4, -0.2) is 31.5 Å². The van der Waals surface area contributed by atoms with Crippen molar-refractivity contribution in [3.05, 3.63) is 45.9 Å². The van der Waals surface area contributed by atoms with E-state index < -0.39 is 0 Å². The highest BCUT2D eigenvalue weighted by molar-refractivity contribution is 7.12. The standard InChI is InChI=1S/C20H25FN4S.2ClH/c1-23-14-4-6-15(7-5-14)25-9-8-13-11-16(21)17(12-18(13)25)24-20(22)19-3-2-10-26-19;;/h2-3,10-12,14-15,23H,4-9H2,1H3,(H2,22,24);2*1H. The number of nitrogens with one attached hydrogen (secondary N) is 1. The van der Waals surface area contributed by atoms with Crippen molar-refractivity contribution in [1.29, 1.82) is 0 Å². The molecule has 1 saturated carbocycles. The molecule has 0 spiro atoms. The molecule has 0 saturated heterocycles. The number of hydrogen-bond acceptors (Lipinski definition) is 4. The van der Waals surface area contributed by atoms with Crippen molar-refractivity contribution < 1.29 is 4.39 Å². The Kier molecular flexibility index (Phi) is 8.13. The molecule has 0 unspecified atom stereocenters. The minimum absolute atomic E-state index is 0. The minimum Gasteiger partial charge on any atom is -0.383 e. The fourth-order valence-electron chi connectivity index (χ4n) is 4.17. The van der Waals surface area contributed by atoms with Crippen LogP contribution in [0.15, 0.2) is 34.6 Å². The molecule has 0 atom stereocenters. The van der Waals surface area contributed by atoms with Gasteiger partial charge in [0.15, 0.2) is 0 Å². The van der Waals surface area contributed by atoms with E-state index in [-0.39, 0.29) is 30.6 Å². The van der Waals surface area contributed by atoms with Crippen molar-refractivity contribution in [3.8, 4) is 0 Å². The van der Waals surface area contributed by atoms with E-state index >= 15 is 0 Å². The molecule has 2 heterocycles. The van der Waals surface area contributed by atoms with E-state index in [9.17, 15) is 4.39 Å². The van der Waals surface area contributed by atoms with Gasteiger partial charge in [0.25, 0.3) is 0 Å². The summed E-state index contributed by atoms with van der Waals surface area (Å²) in [7, 11) is 2.04. The maximum absolute atomic E-state index is 14.5. The molecule has 154 valence electrons. The number of nitrogens with zero attached hydrogens (tertiary/aromatic N) is 2. The Morgan fingerprint density at radius 2 is 2.00 bits per heavy atom. The van der Waals surface area contributed by atoms with Crippen LogP contribution < -0.4 is 16.0 Å². The quantitative estimate of drug-likeness (QED) is 0.532. The molecule has 2 aromatic rings. The number of benzene rings is 1. The van der Waals surface area contributed by atoms with Crippen LogP contribution in [0.1, 0.15) is 36.1 Å². The third-order valence-electron chi connectivity index (χ3n) is 5.64. The number of thiophene rings is 1. The zero-order valence-electron chi connectivity index (χ0n) is 15.9. The topological polar surface area (TPSA) is 53.6 Å². The van der Waals surface area contributed by atoms with Crippen LogP contribution in [0.2, 0.25) is 0 Å². The van der Waals surface area contributed by atoms with Gasteiger partial charge in [-0.15, -0.1) is 36.2 Å². The summed E-state index contributed by atoms with van der Waals surface area (Å²) in [5.74, 6) is 0.0851. The average Bonchev–Trinajstić information content (AvgIpc) is 3.32. The third-order valence-corrected chi connectivity index (χ3v) is 6.53. The normalized spacial score (nSPS) is 21.6. The lowest BCUT2D eigenvalue weighted by molar-refractivity contribution is 0.347. The fourth-order valence-corrected chi connectivity index (χ4v) is 4.80. The third kappa shape index (κ3) is 4.62. The first kappa shape index (κ1) is 22.9. The van der Waals surface area contributed by atoms with Gasteiger partial charge >= 0.3 is 0 Å². The molecule has 1 aromatic heterocycles. The number of aliphatic imine (C=N–C) groups is 1. The second-order valence-electron chi connectivity index (χ2n) is 7.14. The maximum atomic E-state index is 14.5. The molecule has 3 N–H and O–H groups in total. The monoisotopic (exact) mass is 444 g/mol. The molecule has 1 aliphatic heterocycles. The van der Waals surface area contributed by atoms with E-state index in [0.717, 1.165) is 29.1 Å². The maximum Gasteiger partial charge on any atom is 0.149 e. The van der Waals surface area contributed by atoms with Gasteiger partial charge in [0.2, 0.25) is 0 Å². The Morgan fingerprint density at radius 1 is 1.25 bits per heavy atom. The first-order valence-corrected chi connectivity index (χ1v) is 10.2. The highest BCUT2D eigenvalue weighted by Gasteiger charge is 2.30. The summed E-state index contributed by atoms with van der Waals surface area (Å²) in [5.41, 5.74) is 8.63. The number of anilines is 1. The van der Waals surface area contributed by atoms with Crippen molar-refractivity contribution in [1.82, 2.24) is 5.32 Å². The zero-order valence-corrected chi connectivity index (χ0v) is 18.3. The number of fused-ring (bicyclic) bond motifs is 1. The van der Waals surface area contributed by atoms with E-state index in [0.29, 0.717) is 23.6 Å². The smallest absolute Gasteiger partial charge is 0.149 e. The molecular formula is C20H27Cl2FN4S. The molecular weight excluding hydrogens is 418 g/mol. The number of amidine groups is 1. The summed E-state index contributed by atoms with van der Waals surface area (Å²) in [6.07, 6.45) is 5.66. The average molecular weight is 445 g/mol. The zero-order chi connectivity index (χ0) is 18.1. The number of halogens is 3. The summed E-state index contributed by atoms with van der Waals surface area (Å²) >= 11 is 1.51. The van der Waals surface area contributed by atoms with E-state index in [1.807, 2.05) is 30.6 Å². The molecule has 1 aliphatic carbocycles. The first-order valence-electron chi connectivity index (χ1n) is 9.30. The second-order valence-corrected chi connectivity index (χ2v) is 8.09. The molecule has 28 heavy (non-hydrogen) atoms. The SMILES string of the molecule is CNC1CCC(N2CCc3cc(F)c(N=C(N)c4cccs4)cc32)CC1.Cl.Cl. The van der Waals surface area contributed by atoms with E-state index in [1.54, 1.807) is 6.07 Å². The lowest BCUT2D eigenvalue weighted by atomic mass is 9.90. The predicted molar refractivity (Wildman–Crippen MR) is 122 cm³/mol. The van der Waals surface area contributed by atoms with Crippen LogP contribution in [0.25, 0.3) is 0 Å². The molecule has 0 bridgehead atoms. The number of rotatable bonds is 4. The van der Waals surface area contributed by atoms with Crippen molar-refractivity contribution in [2.45, 2.75) is 44.2 Å². The molecule has 2 aliphatic rings. The molecule has 4 nitrogen and oxygen atoms in total. The first-order chi connectivity index (χ1) is 12.7. The fraction of sp³-hybridized carbons (Fsp3) is 0.450. The van der Waals surface area contributed by atoms with Crippen molar-refractivity contribution >= 4 is 53.4 Å². The Bertz CT molecular complexity index is 805. The van der Waals surface area contributed by atoms with Crippen LogP contribution >= 0.6 is 36.2 Å². The van der Waals surface area contributed by atoms with Gasteiger partial charge in [-0.05, 0) is 68.3 Å². The lowest BCUT2D eigenvalue weighted by Crippen LogP contribution is -2.41. The van der Waals surface area contributed by atoms with Crippen LogP contribution in [0.4, 0.5) is 15.8 Å².